The number of hydrogen-bond donors (Lipinski definition) is 1. The van der Waals surface area contributed by atoms with Crippen molar-refractivity contribution in [1.82, 2.24) is 5.32 Å². The van der Waals surface area contributed by atoms with Gasteiger partial charge in [-0.05, 0) is 12.5 Å². The van der Waals surface area contributed by atoms with E-state index in [4.69, 9.17) is 11.6 Å². The third-order valence-corrected chi connectivity index (χ3v) is 1.58. The molecule has 62 valence electrons. The van der Waals surface area contributed by atoms with Crippen LogP contribution in [0, 0.1) is 5.92 Å². The van der Waals surface area contributed by atoms with E-state index < -0.39 is 6.43 Å². The lowest BCUT2D eigenvalue weighted by Gasteiger charge is -2.07. The molecule has 0 aliphatic rings. The Balaban J connectivity index is 3.03. The molecule has 0 saturated carbocycles. The second-order valence-electron chi connectivity index (χ2n) is 2.31. The van der Waals surface area contributed by atoms with Crippen LogP contribution in [0.25, 0.3) is 0 Å². The minimum absolute atomic E-state index is 0.235. The van der Waals surface area contributed by atoms with Crippen molar-refractivity contribution in [2.24, 2.45) is 5.92 Å². The average Bonchev–Trinajstić information content (AvgIpc) is 1.87. The summed E-state index contributed by atoms with van der Waals surface area (Å²) < 4.78 is 23.0. The standard InChI is InChI=1S/C6H12ClF2N/c1-5(2-7)3-10-4-6(8)9/h5-6,10H,2-4H2,1H3. The van der Waals surface area contributed by atoms with Crippen LogP contribution in [0.4, 0.5) is 8.78 Å². The molecule has 0 radical (unpaired) electrons. The van der Waals surface area contributed by atoms with Crippen molar-refractivity contribution < 1.29 is 8.78 Å². The van der Waals surface area contributed by atoms with Gasteiger partial charge in [-0.3, -0.25) is 0 Å². The zero-order chi connectivity index (χ0) is 7.98. The first kappa shape index (κ1) is 10.1. The molecule has 0 spiro atoms. The Bertz CT molecular complexity index is 80.1. The Hall–Kier alpha value is 0.110. The Morgan fingerprint density at radius 1 is 1.40 bits per heavy atom. The van der Waals surface area contributed by atoms with E-state index in [9.17, 15) is 8.78 Å². The molecule has 4 heteroatoms. The second kappa shape index (κ2) is 5.86. The summed E-state index contributed by atoms with van der Waals surface area (Å²) in [6, 6.07) is 0. The van der Waals surface area contributed by atoms with Crippen LogP contribution < -0.4 is 5.32 Å². The van der Waals surface area contributed by atoms with Gasteiger partial charge in [0.25, 0.3) is 6.43 Å². The van der Waals surface area contributed by atoms with Crippen LogP contribution in [0.5, 0.6) is 0 Å². The summed E-state index contributed by atoms with van der Waals surface area (Å²) in [5.74, 6) is 0.774. The SMILES string of the molecule is CC(CCl)CNCC(F)F. The van der Waals surface area contributed by atoms with Gasteiger partial charge >= 0.3 is 0 Å². The van der Waals surface area contributed by atoms with Crippen molar-refractivity contribution in [3.63, 3.8) is 0 Å². The number of hydrogen-bond acceptors (Lipinski definition) is 1. The Morgan fingerprint density at radius 3 is 2.40 bits per heavy atom. The van der Waals surface area contributed by atoms with Gasteiger partial charge in [0.1, 0.15) is 0 Å². The molecule has 0 aromatic carbocycles. The first-order valence-electron chi connectivity index (χ1n) is 3.21. The van der Waals surface area contributed by atoms with Crippen LogP contribution >= 0.6 is 11.6 Å². The maximum atomic E-state index is 11.5. The molecule has 0 aliphatic carbocycles. The van der Waals surface area contributed by atoms with E-state index in [0.717, 1.165) is 0 Å². The van der Waals surface area contributed by atoms with Gasteiger partial charge in [0.05, 0.1) is 6.54 Å². The summed E-state index contributed by atoms with van der Waals surface area (Å²) in [4.78, 5) is 0. The summed E-state index contributed by atoms with van der Waals surface area (Å²) in [5, 5.41) is 2.60. The number of alkyl halides is 3. The summed E-state index contributed by atoms with van der Waals surface area (Å²) >= 11 is 5.44. The maximum absolute atomic E-state index is 11.5. The molecule has 0 aromatic heterocycles. The predicted octanol–water partition coefficient (Wildman–Crippen LogP) is 1.72. The first-order chi connectivity index (χ1) is 4.66. The van der Waals surface area contributed by atoms with Crippen LogP contribution in [-0.2, 0) is 0 Å². The third kappa shape index (κ3) is 6.23. The van der Waals surface area contributed by atoms with Crippen molar-refractivity contribution in [3.05, 3.63) is 0 Å². The predicted molar refractivity (Wildman–Crippen MR) is 38.8 cm³/mol. The van der Waals surface area contributed by atoms with Crippen molar-refractivity contribution in [2.45, 2.75) is 13.3 Å². The second-order valence-corrected chi connectivity index (χ2v) is 2.62. The van der Waals surface area contributed by atoms with E-state index in [-0.39, 0.29) is 12.5 Å². The molecule has 10 heavy (non-hydrogen) atoms. The minimum atomic E-state index is -2.26. The van der Waals surface area contributed by atoms with Crippen molar-refractivity contribution in [1.29, 1.82) is 0 Å². The Labute approximate surface area is 64.7 Å². The lowest BCUT2D eigenvalue weighted by Crippen LogP contribution is -2.26. The van der Waals surface area contributed by atoms with Crippen LogP contribution in [0.3, 0.4) is 0 Å². The molecular weight excluding hydrogens is 160 g/mol. The normalized spacial score (nSPS) is 14.1. The maximum Gasteiger partial charge on any atom is 0.250 e. The molecule has 1 N–H and O–H groups in total. The highest BCUT2D eigenvalue weighted by Crippen LogP contribution is 1.95. The highest BCUT2D eigenvalue weighted by molar-refractivity contribution is 6.18. The number of rotatable bonds is 5. The summed E-state index contributed by atoms with van der Waals surface area (Å²) in [6.45, 7) is 2.24. The van der Waals surface area contributed by atoms with Crippen molar-refractivity contribution >= 4 is 11.6 Å². The van der Waals surface area contributed by atoms with E-state index >= 15 is 0 Å². The van der Waals surface area contributed by atoms with Crippen LogP contribution in [0.1, 0.15) is 6.92 Å². The monoisotopic (exact) mass is 171 g/mol. The van der Waals surface area contributed by atoms with Gasteiger partial charge in [0, 0.05) is 5.88 Å². The fourth-order valence-electron chi connectivity index (χ4n) is 0.493. The van der Waals surface area contributed by atoms with E-state index in [1.54, 1.807) is 0 Å². The quantitative estimate of drug-likeness (QED) is 0.622. The first-order valence-corrected chi connectivity index (χ1v) is 3.75. The summed E-state index contributed by atoms with van der Waals surface area (Å²) in [5.41, 5.74) is 0. The molecule has 0 saturated heterocycles. The van der Waals surface area contributed by atoms with Gasteiger partial charge in [-0.25, -0.2) is 8.78 Å². The van der Waals surface area contributed by atoms with Gasteiger partial charge in [-0.2, -0.15) is 0 Å². The van der Waals surface area contributed by atoms with Gasteiger partial charge in [-0.1, -0.05) is 6.92 Å². The fraction of sp³-hybridized carbons (Fsp3) is 1.00. The minimum Gasteiger partial charge on any atom is -0.311 e. The Kier molecular flexibility index (Phi) is 5.93. The van der Waals surface area contributed by atoms with E-state index in [0.29, 0.717) is 12.4 Å². The lowest BCUT2D eigenvalue weighted by molar-refractivity contribution is 0.145. The third-order valence-electron chi connectivity index (χ3n) is 1.05. The average molecular weight is 172 g/mol. The van der Waals surface area contributed by atoms with Crippen molar-refractivity contribution in [3.8, 4) is 0 Å². The van der Waals surface area contributed by atoms with Gasteiger partial charge in [0.15, 0.2) is 0 Å². The molecule has 1 nitrogen and oxygen atoms in total. The van der Waals surface area contributed by atoms with Gasteiger partial charge < -0.3 is 5.32 Å². The lowest BCUT2D eigenvalue weighted by atomic mass is 10.2. The number of halogens is 3. The largest absolute Gasteiger partial charge is 0.311 e. The number of nitrogens with one attached hydrogen (secondary N) is 1. The van der Waals surface area contributed by atoms with E-state index in [1.807, 2.05) is 6.92 Å². The van der Waals surface area contributed by atoms with E-state index in [2.05, 4.69) is 5.32 Å². The zero-order valence-corrected chi connectivity index (χ0v) is 6.67. The zero-order valence-electron chi connectivity index (χ0n) is 5.91. The van der Waals surface area contributed by atoms with Gasteiger partial charge in [0.2, 0.25) is 0 Å². The topological polar surface area (TPSA) is 12.0 Å². The highest BCUT2D eigenvalue weighted by atomic mass is 35.5. The molecule has 1 atom stereocenters. The molecule has 0 amide bonds. The molecule has 0 aliphatic heterocycles. The smallest absolute Gasteiger partial charge is 0.250 e. The van der Waals surface area contributed by atoms with Crippen molar-refractivity contribution in [2.75, 3.05) is 19.0 Å². The van der Waals surface area contributed by atoms with Crippen LogP contribution in [0.2, 0.25) is 0 Å². The van der Waals surface area contributed by atoms with Gasteiger partial charge in [-0.15, -0.1) is 11.6 Å². The summed E-state index contributed by atoms with van der Waals surface area (Å²) in [7, 11) is 0. The molecule has 0 bridgehead atoms. The Morgan fingerprint density at radius 2 is 2.00 bits per heavy atom. The molecular formula is C6H12ClF2N. The molecule has 1 unspecified atom stereocenters. The molecule has 0 fully saturated rings. The molecule has 0 aromatic rings. The summed E-state index contributed by atoms with van der Waals surface area (Å²) in [6.07, 6.45) is -2.26. The van der Waals surface area contributed by atoms with Crippen LogP contribution in [-0.4, -0.2) is 25.4 Å². The van der Waals surface area contributed by atoms with Crippen LogP contribution in [0.15, 0.2) is 0 Å². The van der Waals surface area contributed by atoms with E-state index in [1.165, 1.54) is 0 Å². The molecule has 0 heterocycles. The molecule has 0 rings (SSSR count). The fourth-order valence-corrected chi connectivity index (χ4v) is 0.603. The highest BCUT2D eigenvalue weighted by Gasteiger charge is 2.02.